The SMILES string of the molecule is C[C@H](N)c1cn(-c2ccc(F)cc2F)cn1. The number of nitrogens with zero attached hydrogens (tertiary/aromatic N) is 2. The third-order valence-corrected chi connectivity index (χ3v) is 2.26. The van der Waals surface area contributed by atoms with Gasteiger partial charge in [-0.1, -0.05) is 0 Å². The molecular formula is C11H11F2N3. The van der Waals surface area contributed by atoms with Gasteiger partial charge in [0.15, 0.2) is 0 Å². The highest BCUT2D eigenvalue weighted by Crippen LogP contribution is 2.16. The lowest BCUT2D eigenvalue weighted by molar-refractivity contribution is 0.577. The van der Waals surface area contributed by atoms with Gasteiger partial charge in [-0.3, -0.25) is 0 Å². The predicted molar refractivity (Wildman–Crippen MR) is 56.1 cm³/mol. The molecule has 0 aliphatic rings. The van der Waals surface area contributed by atoms with Gasteiger partial charge in [-0.05, 0) is 19.1 Å². The first-order chi connectivity index (χ1) is 7.58. The zero-order chi connectivity index (χ0) is 11.7. The number of hydrogen-bond acceptors (Lipinski definition) is 2. The molecule has 0 amide bonds. The molecule has 5 heteroatoms. The normalized spacial score (nSPS) is 12.8. The summed E-state index contributed by atoms with van der Waals surface area (Å²) in [4.78, 5) is 4.03. The van der Waals surface area contributed by atoms with E-state index in [9.17, 15) is 8.78 Å². The van der Waals surface area contributed by atoms with E-state index in [2.05, 4.69) is 4.98 Å². The second-order valence-electron chi connectivity index (χ2n) is 3.59. The molecule has 84 valence electrons. The van der Waals surface area contributed by atoms with Gasteiger partial charge in [0.2, 0.25) is 0 Å². The van der Waals surface area contributed by atoms with Crippen molar-refractivity contribution in [2.75, 3.05) is 0 Å². The largest absolute Gasteiger partial charge is 0.323 e. The number of aromatic nitrogens is 2. The lowest BCUT2D eigenvalue weighted by atomic mass is 10.2. The predicted octanol–water partition coefficient (Wildman–Crippen LogP) is 2.17. The number of halogens is 2. The highest BCUT2D eigenvalue weighted by atomic mass is 19.1. The van der Waals surface area contributed by atoms with Crippen molar-refractivity contribution in [2.24, 2.45) is 5.73 Å². The first-order valence-corrected chi connectivity index (χ1v) is 4.83. The van der Waals surface area contributed by atoms with E-state index in [1.165, 1.54) is 23.0 Å². The van der Waals surface area contributed by atoms with Crippen molar-refractivity contribution in [2.45, 2.75) is 13.0 Å². The molecule has 16 heavy (non-hydrogen) atoms. The second kappa shape index (κ2) is 4.02. The Hall–Kier alpha value is -1.75. The monoisotopic (exact) mass is 223 g/mol. The average molecular weight is 223 g/mol. The topological polar surface area (TPSA) is 43.8 Å². The summed E-state index contributed by atoms with van der Waals surface area (Å²) < 4.78 is 27.6. The van der Waals surface area contributed by atoms with Crippen LogP contribution in [0.2, 0.25) is 0 Å². The van der Waals surface area contributed by atoms with Crippen LogP contribution < -0.4 is 5.73 Å². The highest BCUT2D eigenvalue weighted by Gasteiger charge is 2.08. The number of hydrogen-bond donors (Lipinski definition) is 1. The van der Waals surface area contributed by atoms with Crippen molar-refractivity contribution >= 4 is 0 Å². The smallest absolute Gasteiger partial charge is 0.150 e. The van der Waals surface area contributed by atoms with E-state index in [0.29, 0.717) is 5.69 Å². The fourth-order valence-electron chi connectivity index (χ4n) is 1.40. The summed E-state index contributed by atoms with van der Waals surface area (Å²) >= 11 is 0. The van der Waals surface area contributed by atoms with E-state index >= 15 is 0 Å². The van der Waals surface area contributed by atoms with Gasteiger partial charge in [0.1, 0.15) is 11.6 Å². The Morgan fingerprint density at radius 1 is 1.38 bits per heavy atom. The van der Waals surface area contributed by atoms with Gasteiger partial charge in [-0.2, -0.15) is 0 Å². The molecule has 1 aromatic heterocycles. The summed E-state index contributed by atoms with van der Waals surface area (Å²) in [6, 6.07) is 3.17. The molecule has 3 nitrogen and oxygen atoms in total. The van der Waals surface area contributed by atoms with Crippen molar-refractivity contribution in [1.82, 2.24) is 9.55 Å². The van der Waals surface area contributed by atoms with Crippen LogP contribution in [0.1, 0.15) is 18.7 Å². The van der Waals surface area contributed by atoms with Crippen LogP contribution in [0.5, 0.6) is 0 Å². The summed E-state index contributed by atoms with van der Waals surface area (Å²) in [5, 5.41) is 0. The molecule has 0 aliphatic carbocycles. The molecule has 1 aromatic carbocycles. The summed E-state index contributed by atoms with van der Waals surface area (Å²) in [6.07, 6.45) is 3.08. The van der Waals surface area contributed by atoms with Crippen LogP contribution in [0.4, 0.5) is 8.78 Å². The van der Waals surface area contributed by atoms with Gasteiger partial charge < -0.3 is 10.3 Å². The first kappa shape index (κ1) is 10.8. The molecule has 1 heterocycles. The van der Waals surface area contributed by atoms with Gasteiger partial charge >= 0.3 is 0 Å². The van der Waals surface area contributed by atoms with Crippen LogP contribution in [0.3, 0.4) is 0 Å². The summed E-state index contributed by atoms with van der Waals surface area (Å²) in [5.41, 5.74) is 6.54. The Labute approximate surface area is 91.5 Å². The number of benzene rings is 1. The quantitative estimate of drug-likeness (QED) is 0.847. The van der Waals surface area contributed by atoms with E-state index < -0.39 is 11.6 Å². The molecule has 2 N–H and O–H groups in total. The average Bonchev–Trinajstić information content (AvgIpc) is 2.66. The lowest BCUT2D eigenvalue weighted by Crippen LogP contribution is -2.05. The minimum absolute atomic E-state index is 0.218. The third kappa shape index (κ3) is 1.94. The Morgan fingerprint density at radius 2 is 2.12 bits per heavy atom. The van der Waals surface area contributed by atoms with Crippen LogP contribution in [0.25, 0.3) is 5.69 Å². The molecule has 0 unspecified atom stereocenters. The summed E-state index contributed by atoms with van der Waals surface area (Å²) in [5.74, 6) is -1.23. The van der Waals surface area contributed by atoms with Crippen LogP contribution >= 0.6 is 0 Å². The van der Waals surface area contributed by atoms with Gasteiger partial charge in [0, 0.05) is 18.3 Å². The third-order valence-electron chi connectivity index (χ3n) is 2.26. The molecule has 2 aromatic rings. The van der Waals surface area contributed by atoms with Crippen LogP contribution in [0.15, 0.2) is 30.7 Å². The van der Waals surface area contributed by atoms with Gasteiger partial charge in [-0.15, -0.1) is 0 Å². The maximum atomic E-state index is 13.4. The Kier molecular flexibility index (Phi) is 2.70. The van der Waals surface area contributed by atoms with Crippen LogP contribution in [-0.2, 0) is 0 Å². The second-order valence-corrected chi connectivity index (χ2v) is 3.59. The van der Waals surface area contributed by atoms with E-state index in [1.807, 2.05) is 0 Å². The van der Waals surface area contributed by atoms with E-state index in [4.69, 9.17) is 5.73 Å². The van der Waals surface area contributed by atoms with Gasteiger partial charge in [0.25, 0.3) is 0 Å². The molecular weight excluding hydrogens is 212 g/mol. The van der Waals surface area contributed by atoms with Gasteiger partial charge in [-0.25, -0.2) is 13.8 Å². The molecule has 0 aliphatic heterocycles. The van der Waals surface area contributed by atoms with Crippen molar-refractivity contribution in [3.8, 4) is 5.69 Å². The molecule has 0 fully saturated rings. The van der Waals surface area contributed by atoms with Gasteiger partial charge in [0.05, 0.1) is 17.7 Å². The Balaban J connectivity index is 2.42. The molecule has 0 saturated heterocycles. The number of imidazole rings is 1. The molecule has 0 radical (unpaired) electrons. The van der Waals surface area contributed by atoms with E-state index in [0.717, 1.165) is 6.07 Å². The number of rotatable bonds is 2. The number of nitrogens with two attached hydrogens (primary N) is 1. The first-order valence-electron chi connectivity index (χ1n) is 4.83. The maximum Gasteiger partial charge on any atom is 0.150 e. The highest BCUT2D eigenvalue weighted by molar-refractivity contribution is 5.34. The van der Waals surface area contributed by atoms with Crippen molar-refractivity contribution < 1.29 is 8.78 Å². The molecule has 0 bridgehead atoms. The maximum absolute atomic E-state index is 13.4. The van der Waals surface area contributed by atoms with Crippen LogP contribution in [-0.4, -0.2) is 9.55 Å². The molecule has 2 rings (SSSR count). The summed E-state index contributed by atoms with van der Waals surface area (Å²) in [6.45, 7) is 1.79. The van der Waals surface area contributed by atoms with E-state index in [1.54, 1.807) is 13.1 Å². The summed E-state index contributed by atoms with van der Waals surface area (Å²) in [7, 11) is 0. The Morgan fingerprint density at radius 3 is 2.69 bits per heavy atom. The fourth-order valence-corrected chi connectivity index (χ4v) is 1.40. The van der Waals surface area contributed by atoms with E-state index in [-0.39, 0.29) is 11.7 Å². The van der Waals surface area contributed by atoms with Crippen molar-refractivity contribution in [1.29, 1.82) is 0 Å². The van der Waals surface area contributed by atoms with Crippen molar-refractivity contribution in [3.05, 3.63) is 48.1 Å². The molecule has 0 saturated carbocycles. The fraction of sp³-hybridized carbons (Fsp3) is 0.182. The van der Waals surface area contributed by atoms with Crippen LogP contribution in [0, 0.1) is 11.6 Å². The lowest BCUT2D eigenvalue weighted by Gasteiger charge is -2.03. The molecule has 0 spiro atoms. The minimum atomic E-state index is -0.631. The zero-order valence-electron chi connectivity index (χ0n) is 8.69. The van der Waals surface area contributed by atoms with Crippen molar-refractivity contribution in [3.63, 3.8) is 0 Å². The minimum Gasteiger partial charge on any atom is -0.323 e. The Bertz CT molecular complexity index is 506. The zero-order valence-corrected chi connectivity index (χ0v) is 8.69. The standard InChI is InChI=1S/C11H11F2N3/c1-7(14)10-5-16(6-15-10)11-3-2-8(12)4-9(11)13/h2-7H,14H2,1H3/t7-/m0/s1. The molecule has 1 atom stereocenters.